The van der Waals surface area contributed by atoms with Crippen molar-refractivity contribution in [2.75, 3.05) is 0 Å². The Balaban J connectivity index is 3.02. The number of benzene rings is 1. The van der Waals surface area contributed by atoms with E-state index in [0.29, 0.717) is 0 Å². The van der Waals surface area contributed by atoms with Crippen molar-refractivity contribution in [3.63, 3.8) is 0 Å². The second kappa shape index (κ2) is 4.15. The molecule has 0 aromatic heterocycles. The molecule has 7 heteroatoms. The first kappa shape index (κ1) is 12.5. The van der Waals surface area contributed by atoms with Gasteiger partial charge in [-0.3, -0.25) is 0 Å². The van der Waals surface area contributed by atoms with Crippen LogP contribution in [0.4, 0.5) is 13.2 Å². The summed E-state index contributed by atoms with van der Waals surface area (Å²) in [6.45, 7) is 1.73. The van der Waals surface area contributed by atoms with Gasteiger partial charge in [-0.15, -0.1) is 0 Å². The molecule has 0 heterocycles. The topological polar surface area (TPSA) is 34.1 Å². The minimum absolute atomic E-state index is 0.273. The maximum absolute atomic E-state index is 12.0. The van der Waals surface area contributed by atoms with E-state index in [0.717, 1.165) is 5.56 Å². The summed E-state index contributed by atoms with van der Waals surface area (Å²) in [5.74, 6) is 0. The standard InChI is InChI=1S/C8H7F3O2SSe/c1-6-2-4-7(5-3-6)14(12,13)15-8(9,10)11/h2-5H,1H3. The molecular weight excluding hydrogens is 296 g/mol. The van der Waals surface area contributed by atoms with Crippen LogP contribution in [0.15, 0.2) is 29.2 Å². The van der Waals surface area contributed by atoms with Crippen LogP contribution >= 0.6 is 0 Å². The molecule has 0 atom stereocenters. The Morgan fingerprint density at radius 2 is 1.60 bits per heavy atom. The van der Waals surface area contributed by atoms with Crippen molar-refractivity contribution in [1.82, 2.24) is 0 Å². The van der Waals surface area contributed by atoms with Crippen molar-refractivity contribution in [1.29, 1.82) is 0 Å². The number of hydrogen-bond donors (Lipinski definition) is 0. The molecule has 0 radical (unpaired) electrons. The Morgan fingerprint density at radius 3 is 2.00 bits per heavy atom. The summed E-state index contributed by atoms with van der Waals surface area (Å²) < 4.78 is 58.4. The summed E-state index contributed by atoms with van der Waals surface area (Å²) in [4.78, 5) is -0.273. The molecular formula is C8H7F3O2SSe. The van der Waals surface area contributed by atoms with Gasteiger partial charge in [0.15, 0.2) is 0 Å². The molecule has 0 aliphatic rings. The molecule has 84 valence electrons. The number of aryl methyl sites for hydroxylation is 1. The van der Waals surface area contributed by atoms with Gasteiger partial charge in [-0.25, -0.2) is 0 Å². The second-order valence-corrected chi connectivity index (χ2v) is 9.12. The summed E-state index contributed by atoms with van der Waals surface area (Å²) in [5, 5.41) is -4.64. The Labute approximate surface area is 90.6 Å². The maximum atomic E-state index is 12.0. The fraction of sp³-hybridized carbons (Fsp3) is 0.250. The molecule has 0 bridgehead atoms. The SMILES string of the molecule is Cc1ccc(S(=O)(=O)[Se]C(F)(F)F)cc1. The van der Waals surface area contributed by atoms with Gasteiger partial charge in [0.2, 0.25) is 0 Å². The summed E-state index contributed by atoms with van der Waals surface area (Å²) in [5.41, 5.74) is 0.799. The molecule has 1 rings (SSSR count). The van der Waals surface area contributed by atoms with E-state index < -0.39 is 27.2 Å². The van der Waals surface area contributed by atoms with Crippen molar-refractivity contribution in [3.8, 4) is 0 Å². The first-order valence-corrected chi connectivity index (χ1v) is 8.16. The van der Waals surface area contributed by atoms with Gasteiger partial charge in [-0.05, 0) is 0 Å². The van der Waals surface area contributed by atoms with E-state index in [-0.39, 0.29) is 4.90 Å². The normalized spacial score (nSPS) is 12.8. The third kappa shape index (κ3) is 3.85. The molecule has 0 spiro atoms. The zero-order valence-electron chi connectivity index (χ0n) is 7.58. The molecule has 0 aliphatic heterocycles. The number of halogens is 3. The third-order valence-electron chi connectivity index (χ3n) is 1.51. The van der Waals surface area contributed by atoms with Crippen LogP contribution in [0, 0.1) is 6.92 Å². The van der Waals surface area contributed by atoms with Crippen LogP contribution in [0.5, 0.6) is 0 Å². The molecule has 2 nitrogen and oxygen atoms in total. The van der Waals surface area contributed by atoms with Crippen LogP contribution in [-0.4, -0.2) is 27.3 Å². The molecule has 0 fully saturated rings. The molecule has 0 aliphatic carbocycles. The Hall–Kier alpha value is -0.521. The van der Waals surface area contributed by atoms with Crippen LogP contribution in [0.1, 0.15) is 5.56 Å². The first-order valence-electron chi connectivity index (χ1n) is 3.80. The van der Waals surface area contributed by atoms with Crippen molar-refractivity contribution in [2.24, 2.45) is 0 Å². The Bertz CT molecular complexity index is 436. The summed E-state index contributed by atoms with van der Waals surface area (Å²) in [6, 6.07) is 5.33. The van der Waals surface area contributed by atoms with Gasteiger partial charge in [-0.1, -0.05) is 0 Å². The van der Waals surface area contributed by atoms with E-state index in [1.807, 2.05) is 0 Å². The average Bonchev–Trinajstić information content (AvgIpc) is 2.00. The van der Waals surface area contributed by atoms with Crippen LogP contribution in [0.2, 0.25) is 0 Å². The second-order valence-electron chi connectivity index (χ2n) is 2.80. The van der Waals surface area contributed by atoms with E-state index in [4.69, 9.17) is 0 Å². The predicted octanol–water partition coefficient (Wildman–Crippen LogP) is 1.91. The zero-order valence-corrected chi connectivity index (χ0v) is 10.1. The molecule has 1 aromatic carbocycles. The van der Waals surface area contributed by atoms with Gasteiger partial charge in [0.25, 0.3) is 0 Å². The van der Waals surface area contributed by atoms with Crippen molar-refractivity contribution in [2.45, 2.75) is 16.9 Å². The van der Waals surface area contributed by atoms with Gasteiger partial charge >= 0.3 is 90.4 Å². The monoisotopic (exact) mass is 304 g/mol. The van der Waals surface area contributed by atoms with E-state index in [2.05, 4.69) is 0 Å². The van der Waals surface area contributed by atoms with Gasteiger partial charge in [0, 0.05) is 0 Å². The zero-order chi connectivity index (χ0) is 11.7. The van der Waals surface area contributed by atoms with Crippen molar-refractivity contribution in [3.05, 3.63) is 29.8 Å². The molecule has 0 amide bonds. The van der Waals surface area contributed by atoms with Gasteiger partial charge in [0.1, 0.15) is 0 Å². The first-order chi connectivity index (χ1) is 6.71. The van der Waals surface area contributed by atoms with Crippen LogP contribution in [-0.2, 0) is 8.26 Å². The number of alkyl halides is 3. The minimum atomic E-state index is -4.64. The molecule has 1 aromatic rings. The van der Waals surface area contributed by atoms with E-state index in [1.165, 1.54) is 24.3 Å². The summed E-state index contributed by atoms with van der Waals surface area (Å²) in [7, 11) is -4.20. The van der Waals surface area contributed by atoms with E-state index in [1.54, 1.807) is 6.92 Å². The fourth-order valence-corrected chi connectivity index (χ4v) is 4.56. The Kier molecular flexibility index (Phi) is 3.48. The van der Waals surface area contributed by atoms with E-state index in [9.17, 15) is 21.6 Å². The van der Waals surface area contributed by atoms with Crippen LogP contribution < -0.4 is 0 Å². The number of rotatable bonds is 2. The quantitative estimate of drug-likeness (QED) is 0.782. The van der Waals surface area contributed by atoms with E-state index >= 15 is 0 Å². The van der Waals surface area contributed by atoms with Crippen LogP contribution in [0.3, 0.4) is 0 Å². The third-order valence-corrected chi connectivity index (χ3v) is 6.55. The average molecular weight is 303 g/mol. The summed E-state index contributed by atoms with van der Waals surface area (Å²) >= 11 is -2.42. The molecule has 0 unspecified atom stereocenters. The van der Waals surface area contributed by atoms with Gasteiger partial charge < -0.3 is 0 Å². The summed E-state index contributed by atoms with van der Waals surface area (Å²) in [6.07, 6.45) is 0. The van der Waals surface area contributed by atoms with Crippen LogP contribution in [0.25, 0.3) is 0 Å². The number of hydrogen-bond acceptors (Lipinski definition) is 2. The van der Waals surface area contributed by atoms with Gasteiger partial charge in [-0.2, -0.15) is 0 Å². The molecule has 0 saturated heterocycles. The molecule has 0 saturated carbocycles. The molecule has 0 N–H and O–H groups in total. The van der Waals surface area contributed by atoms with Gasteiger partial charge in [0.05, 0.1) is 0 Å². The van der Waals surface area contributed by atoms with Crippen molar-refractivity contribution < 1.29 is 21.6 Å². The predicted molar refractivity (Wildman–Crippen MR) is 50.2 cm³/mol. The Morgan fingerprint density at radius 1 is 1.13 bits per heavy atom. The van der Waals surface area contributed by atoms with Crippen molar-refractivity contribution >= 4 is 22.1 Å². The fourth-order valence-electron chi connectivity index (χ4n) is 0.877. The molecule has 15 heavy (non-hydrogen) atoms.